The summed E-state index contributed by atoms with van der Waals surface area (Å²) in [6.45, 7) is 2.12. The molecule has 5 heteroatoms. The van der Waals surface area contributed by atoms with Crippen molar-refractivity contribution in [3.8, 4) is 0 Å². The molecule has 1 atom stereocenters. The number of thioether (sulfide) groups is 1. The second-order valence-corrected chi connectivity index (χ2v) is 5.62. The number of nitrogens with two attached hydrogens (primary N) is 1. The first-order chi connectivity index (χ1) is 8.96. The zero-order valence-corrected chi connectivity index (χ0v) is 11.9. The van der Waals surface area contributed by atoms with E-state index in [0.717, 1.165) is 31.1 Å². The number of halogens is 3. The van der Waals surface area contributed by atoms with E-state index in [2.05, 4.69) is 6.92 Å². The molecule has 1 aromatic rings. The van der Waals surface area contributed by atoms with Crippen LogP contribution in [0.15, 0.2) is 24.3 Å². The Balaban J connectivity index is 2.59. The second kappa shape index (κ2) is 7.80. The molecule has 0 saturated heterocycles. The molecule has 0 aliphatic heterocycles. The smallest absolute Gasteiger partial charge is 0.323 e. The van der Waals surface area contributed by atoms with Gasteiger partial charge in [0.1, 0.15) is 0 Å². The Morgan fingerprint density at radius 2 is 1.89 bits per heavy atom. The zero-order valence-electron chi connectivity index (χ0n) is 11.0. The number of hydrogen-bond acceptors (Lipinski definition) is 2. The van der Waals surface area contributed by atoms with Gasteiger partial charge >= 0.3 is 6.18 Å². The van der Waals surface area contributed by atoms with Crippen LogP contribution in [0.3, 0.4) is 0 Å². The molecule has 0 heterocycles. The van der Waals surface area contributed by atoms with Crippen molar-refractivity contribution in [2.24, 2.45) is 5.73 Å². The summed E-state index contributed by atoms with van der Waals surface area (Å²) in [6.07, 6.45) is -0.944. The van der Waals surface area contributed by atoms with E-state index in [4.69, 9.17) is 5.73 Å². The van der Waals surface area contributed by atoms with E-state index < -0.39 is 17.8 Å². The third-order valence-electron chi connectivity index (χ3n) is 2.86. The Kier molecular flexibility index (Phi) is 6.72. The van der Waals surface area contributed by atoms with Gasteiger partial charge in [0.2, 0.25) is 0 Å². The van der Waals surface area contributed by atoms with Crippen LogP contribution in [0.5, 0.6) is 0 Å². The molecule has 0 aromatic heterocycles. The SMILES string of the molecule is CCCCCSCC(N)c1ccccc1C(F)(F)F. The molecular formula is C14H20F3NS. The predicted octanol–water partition coefficient (Wildman–Crippen LogP) is 4.63. The van der Waals surface area contributed by atoms with Crippen LogP contribution in [-0.2, 0) is 6.18 Å². The molecule has 1 rings (SSSR count). The Morgan fingerprint density at radius 3 is 2.53 bits per heavy atom. The first-order valence-electron chi connectivity index (χ1n) is 6.46. The summed E-state index contributed by atoms with van der Waals surface area (Å²) in [7, 11) is 0. The normalized spacial score (nSPS) is 13.5. The maximum absolute atomic E-state index is 12.8. The van der Waals surface area contributed by atoms with E-state index in [0.29, 0.717) is 5.75 Å². The van der Waals surface area contributed by atoms with E-state index in [1.165, 1.54) is 12.1 Å². The first-order valence-corrected chi connectivity index (χ1v) is 7.61. The average Bonchev–Trinajstić information content (AvgIpc) is 2.37. The predicted molar refractivity (Wildman–Crippen MR) is 75.2 cm³/mol. The van der Waals surface area contributed by atoms with Gasteiger partial charge in [-0.2, -0.15) is 24.9 Å². The van der Waals surface area contributed by atoms with Crippen LogP contribution in [-0.4, -0.2) is 11.5 Å². The van der Waals surface area contributed by atoms with Gasteiger partial charge in [0, 0.05) is 11.8 Å². The molecular weight excluding hydrogens is 271 g/mol. The van der Waals surface area contributed by atoms with Gasteiger partial charge in [-0.1, -0.05) is 38.0 Å². The van der Waals surface area contributed by atoms with Gasteiger partial charge in [-0.05, 0) is 23.8 Å². The van der Waals surface area contributed by atoms with Gasteiger partial charge in [0.25, 0.3) is 0 Å². The third-order valence-corrected chi connectivity index (χ3v) is 4.03. The van der Waals surface area contributed by atoms with Crippen molar-refractivity contribution in [2.75, 3.05) is 11.5 Å². The quantitative estimate of drug-likeness (QED) is 0.741. The molecule has 1 aromatic carbocycles. The van der Waals surface area contributed by atoms with E-state index in [-0.39, 0.29) is 5.56 Å². The molecule has 0 amide bonds. The van der Waals surface area contributed by atoms with Crippen LogP contribution in [0.2, 0.25) is 0 Å². The van der Waals surface area contributed by atoms with Gasteiger partial charge in [-0.25, -0.2) is 0 Å². The lowest BCUT2D eigenvalue weighted by Gasteiger charge is -2.18. The van der Waals surface area contributed by atoms with Crippen LogP contribution in [0, 0.1) is 0 Å². The van der Waals surface area contributed by atoms with E-state index >= 15 is 0 Å². The topological polar surface area (TPSA) is 26.0 Å². The molecule has 2 N–H and O–H groups in total. The molecule has 0 bridgehead atoms. The Hall–Kier alpha value is -0.680. The molecule has 19 heavy (non-hydrogen) atoms. The molecule has 0 aliphatic carbocycles. The van der Waals surface area contributed by atoms with Gasteiger partial charge in [-0.3, -0.25) is 0 Å². The van der Waals surface area contributed by atoms with Crippen LogP contribution < -0.4 is 5.73 Å². The minimum atomic E-state index is -4.33. The summed E-state index contributed by atoms with van der Waals surface area (Å²) in [6, 6.07) is 5.00. The average molecular weight is 291 g/mol. The highest BCUT2D eigenvalue weighted by atomic mass is 32.2. The van der Waals surface area contributed by atoms with Crippen LogP contribution >= 0.6 is 11.8 Å². The van der Waals surface area contributed by atoms with Gasteiger partial charge in [-0.15, -0.1) is 0 Å². The third kappa shape index (κ3) is 5.45. The minimum absolute atomic E-state index is 0.193. The fourth-order valence-electron chi connectivity index (χ4n) is 1.83. The lowest BCUT2D eigenvalue weighted by atomic mass is 10.0. The van der Waals surface area contributed by atoms with Crippen molar-refractivity contribution >= 4 is 11.8 Å². The standard InChI is InChI=1S/C14H20F3NS/c1-2-3-6-9-19-10-13(18)11-7-4-5-8-12(11)14(15,16)17/h4-5,7-8,13H,2-3,6,9-10,18H2,1H3. The van der Waals surface area contributed by atoms with Crippen LogP contribution in [0.4, 0.5) is 13.2 Å². The second-order valence-electron chi connectivity index (χ2n) is 4.47. The number of rotatable bonds is 7. The number of hydrogen-bond donors (Lipinski definition) is 1. The largest absolute Gasteiger partial charge is 0.416 e. The summed E-state index contributed by atoms with van der Waals surface area (Å²) < 4.78 is 38.5. The van der Waals surface area contributed by atoms with Crippen molar-refractivity contribution in [3.63, 3.8) is 0 Å². The lowest BCUT2D eigenvalue weighted by molar-refractivity contribution is -0.138. The van der Waals surface area contributed by atoms with E-state index in [9.17, 15) is 13.2 Å². The molecule has 0 radical (unpaired) electrons. The summed E-state index contributed by atoms with van der Waals surface area (Å²) in [4.78, 5) is 0. The highest BCUT2D eigenvalue weighted by Crippen LogP contribution is 2.34. The molecule has 1 unspecified atom stereocenters. The summed E-state index contributed by atoms with van der Waals surface area (Å²) in [5.41, 5.74) is 5.46. The maximum Gasteiger partial charge on any atom is 0.416 e. The number of alkyl halides is 3. The number of unbranched alkanes of at least 4 members (excludes halogenated alkanes) is 2. The molecule has 0 saturated carbocycles. The van der Waals surface area contributed by atoms with Crippen molar-refractivity contribution in [1.82, 2.24) is 0 Å². The van der Waals surface area contributed by atoms with Crippen molar-refractivity contribution in [3.05, 3.63) is 35.4 Å². The zero-order chi connectivity index (χ0) is 14.3. The maximum atomic E-state index is 12.8. The van der Waals surface area contributed by atoms with Crippen LogP contribution in [0.1, 0.15) is 43.4 Å². The van der Waals surface area contributed by atoms with Gasteiger partial charge < -0.3 is 5.73 Å². The summed E-state index contributed by atoms with van der Waals surface area (Å²) in [5, 5.41) is 0. The monoisotopic (exact) mass is 291 g/mol. The molecule has 0 fully saturated rings. The molecule has 0 aliphatic rings. The van der Waals surface area contributed by atoms with Gasteiger partial charge in [0.15, 0.2) is 0 Å². The van der Waals surface area contributed by atoms with Crippen LogP contribution in [0.25, 0.3) is 0 Å². The lowest BCUT2D eigenvalue weighted by Crippen LogP contribution is -2.19. The number of benzene rings is 1. The van der Waals surface area contributed by atoms with Crippen molar-refractivity contribution < 1.29 is 13.2 Å². The summed E-state index contributed by atoms with van der Waals surface area (Å²) >= 11 is 1.62. The van der Waals surface area contributed by atoms with Gasteiger partial charge in [0.05, 0.1) is 5.56 Å². The Morgan fingerprint density at radius 1 is 1.21 bits per heavy atom. The molecule has 108 valence electrons. The fourth-order valence-corrected chi connectivity index (χ4v) is 2.84. The Bertz CT molecular complexity index is 379. The minimum Gasteiger partial charge on any atom is -0.323 e. The fraction of sp³-hybridized carbons (Fsp3) is 0.571. The molecule has 1 nitrogen and oxygen atoms in total. The first kappa shape index (κ1) is 16.4. The van der Waals surface area contributed by atoms with E-state index in [1.54, 1.807) is 17.8 Å². The Labute approximate surface area is 116 Å². The van der Waals surface area contributed by atoms with E-state index in [1.807, 2.05) is 0 Å². The summed E-state index contributed by atoms with van der Waals surface area (Å²) in [5.74, 6) is 1.48. The highest BCUT2D eigenvalue weighted by Gasteiger charge is 2.34. The van der Waals surface area contributed by atoms with Crippen molar-refractivity contribution in [2.45, 2.75) is 38.4 Å². The highest BCUT2D eigenvalue weighted by molar-refractivity contribution is 7.99. The van der Waals surface area contributed by atoms with Crippen molar-refractivity contribution in [1.29, 1.82) is 0 Å². The molecule has 0 spiro atoms.